The van der Waals surface area contributed by atoms with Crippen molar-refractivity contribution in [3.63, 3.8) is 0 Å². The average Bonchev–Trinajstić information content (AvgIpc) is 2.99. The van der Waals surface area contributed by atoms with Gasteiger partial charge in [-0.25, -0.2) is 0 Å². The molecule has 1 saturated heterocycles. The molecule has 5 nitrogen and oxygen atoms in total. The van der Waals surface area contributed by atoms with Gasteiger partial charge in [0.15, 0.2) is 5.96 Å². The Bertz CT molecular complexity index is 489. The van der Waals surface area contributed by atoms with Crippen LogP contribution in [0, 0.1) is 11.8 Å². The molecule has 1 aliphatic heterocycles. The molecule has 2 heterocycles. The van der Waals surface area contributed by atoms with Crippen LogP contribution in [0.1, 0.15) is 45.3 Å². The summed E-state index contributed by atoms with van der Waals surface area (Å²) in [6.07, 6.45) is 5.32. The van der Waals surface area contributed by atoms with E-state index < -0.39 is 6.10 Å². The molecule has 5 heteroatoms. The Balaban J connectivity index is 1.95. The Labute approximate surface area is 139 Å². The number of likely N-dealkylation sites (tertiary alicyclic amines) is 1. The number of aliphatic imine (C=N–C) groups is 1. The first-order chi connectivity index (χ1) is 11.1. The fraction of sp³-hybridized carbons (Fsp3) is 0.667. The predicted molar refractivity (Wildman–Crippen MR) is 94.3 cm³/mol. The summed E-state index contributed by atoms with van der Waals surface area (Å²) in [4.78, 5) is 11.0. The molecule has 1 aromatic heterocycles. The summed E-state index contributed by atoms with van der Waals surface area (Å²) in [6, 6.07) is 3.67. The normalized spacial score (nSPS) is 20.1. The second kappa shape index (κ2) is 8.87. The molecule has 2 unspecified atom stereocenters. The third-order valence-electron chi connectivity index (χ3n) is 4.23. The molecule has 128 valence electrons. The van der Waals surface area contributed by atoms with Gasteiger partial charge in [0.05, 0.1) is 12.6 Å². The third-order valence-corrected chi connectivity index (χ3v) is 4.23. The molecule has 0 aromatic carbocycles. The first-order valence-electron chi connectivity index (χ1n) is 8.71. The van der Waals surface area contributed by atoms with Crippen LogP contribution in [-0.4, -0.2) is 47.1 Å². The highest BCUT2D eigenvalue weighted by atomic mass is 16.3. The zero-order valence-corrected chi connectivity index (χ0v) is 14.6. The standard InChI is InChI=1S/C18H30N4O/c1-4-20-18(22-10-7-15(13-22)11-14(2)3)21-12-17(23)16-5-8-19-9-6-16/h5-6,8-9,14-15,17,23H,4,7,10-13H2,1-3H3,(H,20,21). The fourth-order valence-electron chi connectivity index (χ4n) is 3.17. The maximum atomic E-state index is 10.3. The molecular weight excluding hydrogens is 288 g/mol. The second-order valence-corrected chi connectivity index (χ2v) is 6.72. The Morgan fingerprint density at radius 2 is 2.17 bits per heavy atom. The molecule has 0 saturated carbocycles. The summed E-state index contributed by atoms with van der Waals surface area (Å²) < 4.78 is 0. The van der Waals surface area contributed by atoms with E-state index in [1.807, 2.05) is 12.1 Å². The summed E-state index contributed by atoms with van der Waals surface area (Å²) in [5.74, 6) is 2.42. The van der Waals surface area contributed by atoms with E-state index in [4.69, 9.17) is 0 Å². The molecule has 0 radical (unpaired) electrons. The van der Waals surface area contributed by atoms with Crippen LogP contribution < -0.4 is 5.32 Å². The molecule has 2 atom stereocenters. The lowest BCUT2D eigenvalue weighted by atomic mass is 9.97. The Hall–Kier alpha value is -1.62. The summed E-state index contributed by atoms with van der Waals surface area (Å²) in [5.41, 5.74) is 0.860. The number of pyridine rings is 1. The van der Waals surface area contributed by atoms with Gasteiger partial charge in [-0.15, -0.1) is 0 Å². The molecule has 1 fully saturated rings. The highest BCUT2D eigenvalue weighted by molar-refractivity contribution is 5.80. The molecular formula is C18H30N4O. The Morgan fingerprint density at radius 3 is 2.83 bits per heavy atom. The minimum atomic E-state index is -0.583. The number of hydrogen-bond acceptors (Lipinski definition) is 3. The van der Waals surface area contributed by atoms with E-state index in [1.54, 1.807) is 12.4 Å². The van der Waals surface area contributed by atoms with Gasteiger partial charge in [-0.1, -0.05) is 13.8 Å². The Kier molecular flexibility index (Phi) is 6.84. The van der Waals surface area contributed by atoms with Crippen molar-refractivity contribution in [2.75, 3.05) is 26.2 Å². The highest BCUT2D eigenvalue weighted by Gasteiger charge is 2.25. The van der Waals surface area contributed by atoms with Crippen molar-refractivity contribution in [1.29, 1.82) is 0 Å². The lowest BCUT2D eigenvalue weighted by Gasteiger charge is -2.22. The van der Waals surface area contributed by atoms with E-state index >= 15 is 0 Å². The van der Waals surface area contributed by atoms with Gasteiger partial charge >= 0.3 is 0 Å². The molecule has 1 aromatic rings. The van der Waals surface area contributed by atoms with Crippen LogP contribution in [-0.2, 0) is 0 Å². The Morgan fingerprint density at radius 1 is 1.43 bits per heavy atom. The third kappa shape index (κ3) is 5.50. The summed E-state index contributed by atoms with van der Waals surface area (Å²) in [5, 5.41) is 13.6. The van der Waals surface area contributed by atoms with Crippen LogP contribution in [0.5, 0.6) is 0 Å². The van der Waals surface area contributed by atoms with Gasteiger partial charge in [0.1, 0.15) is 0 Å². The van der Waals surface area contributed by atoms with E-state index in [-0.39, 0.29) is 0 Å². The van der Waals surface area contributed by atoms with Crippen molar-refractivity contribution in [2.45, 2.75) is 39.7 Å². The van der Waals surface area contributed by atoms with Crippen molar-refractivity contribution >= 4 is 5.96 Å². The number of rotatable bonds is 6. The predicted octanol–water partition coefficient (Wildman–Crippen LogP) is 2.45. The van der Waals surface area contributed by atoms with Crippen molar-refractivity contribution < 1.29 is 5.11 Å². The van der Waals surface area contributed by atoms with E-state index in [9.17, 15) is 5.11 Å². The smallest absolute Gasteiger partial charge is 0.194 e. The molecule has 23 heavy (non-hydrogen) atoms. The van der Waals surface area contributed by atoms with Crippen molar-refractivity contribution in [3.8, 4) is 0 Å². The van der Waals surface area contributed by atoms with Gasteiger partial charge < -0.3 is 15.3 Å². The fourth-order valence-corrected chi connectivity index (χ4v) is 3.17. The lowest BCUT2D eigenvalue weighted by molar-refractivity contribution is 0.186. The first kappa shape index (κ1) is 17.7. The van der Waals surface area contributed by atoms with Gasteiger partial charge in [-0.3, -0.25) is 9.98 Å². The SMILES string of the molecule is CCNC(=NCC(O)c1ccncc1)N1CCC(CC(C)C)C1. The first-order valence-corrected chi connectivity index (χ1v) is 8.71. The van der Waals surface area contributed by atoms with Gasteiger partial charge in [0.2, 0.25) is 0 Å². The second-order valence-electron chi connectivity index (χ2n) is 6.72. The maximum absolute atomic E-state index is 10.3. The van der Waals surface area contributed by atoms with Gasteiger partial charge in [-0.05, 0) is 49.3 Å². The van der Waals surface area contributed by atoms with Crippen molar-refractivity contribution in [2.24, 2.45) is 16.8 Å². The monoisotopic (exact) mass is 318 g/mol. The molecule has 0 bridgehead atoms. The molecule has 0 amide bonds. The number of aromatic nitrogens is 1. The number of aliphatic hydroxyl groups excluding tert-OH is 1. The summed E-state index contributed by atoms with van der Waals surface area (Å²) >= 11 is 0. The molecule has 2 N–H and O–H groups in total. The minimum Gasteiger partial charge on any atom is -0.386 e. The number of nitrogens with zero attached hydrogens (tertiary/aromatic N) is 3. The summed E-state index contributed by atoms with van der Waals surface area (Å²) in [6.45, 7) is 9.98. The van der Waals surface area contributed by atoms with Gasteiger partial charge in [0, 0.05) is 32.0 Å². The molecule has 2 rings (SSSR count). The van der Waals surface area contributed by atoms with Crippen LogP contribution in [0.15, 0.2) is 29.5 Å². The number of nitrogens with one attached hydrogen (secondary N) is 1. The highest BCUT2D eigenvalue weighted by Crippen LogP contribution is 2.23. The van der Waals surface area contributed by atoms with Gasteiger partial charge in [0.25, 0.3) is 0 Å². The van der Waals surface area contributed by atoms with Gasteiger partial charge in [-0.2, -0.15) is 0 Å². The van der Waals surface area contributed by atoms with Crippen LogP contribution >= 0.6 is 0 Å². The maximum Gasteiger partial charge on any atom is 0.194 e. The lowest BCUT2D eigenvalue weighted by Crippen LogP contribution is -2.40. The molecule has 0 spiro atoms. The number of aliphatic hydroxyl groups is 1. The quantitative estimate of drug-likeness (QED) is 0.625. The van der Waals surface area contributed by atoms with Crippen LogP contribution in [0.3, 0.4) is 0 Å². The molecule has 0 aliphatic carbocycles. The van der Waals surface area contributed by atoms with Crippen LogP contribution in [0.25, 0.3) is 0 Å². The van der Waals surface area contributed by atoms with Crippen LogP contribution in [0.4, 0.5) is 0 Å². The van der Waals surface area contributed by atoms with Crippen molar-refractivity contribution in [3.05, 3.63) is 30.1 Å². The van der Waals surface area contributed by atoms with Crippen LogP contribution in [0.2, 0.25) is 0 Å². The minimum absolute atomic E-state index is 0.373. The zero-order valence-electron chi connectivity index (χ0n) is 14.6. The summed E-state index contributed by atoms with van der Waals surface area (Å²) in [7, 11) is 0. The largest absolute Gasteiger partial charge is 0.386 e. The number of guanidine groups is 1. The van der Waals surface area contributed by atoms with Crippen molar-refractivity contribution in [1.82, 2.24) is 15.2 Å². The zero-order chi connectivity index (χ0) is 16.7. The molecule has 1 aliphatic rings. The van der Waals surface area contributed by atoms with E-state index in [2.05, 4.69) is 41.0 Å². The van der Waals surface area contributed by atoms with E-state index in [1.165, 1.54) is 12.8 Å². The number of hydrogen-bond donors (Lipinski definition) is 2. The van der Waals surface area contributed by atoms with E-state index in [0.717, 1.165) is 43.0 Å². The van der Waals surface area contributed by atoms with E-state index in [0.29, 0.717) is 6.54 Å². The average molecular weight is 318 g/mol. The topological polar surface area (TPSA) is 60.8 Å².